The molecule has 0 saturated carbocycles. The van der Waals surface area contributed by atoms with Gasteiger partial charge < -0.3 is 0 Å². The van der Waals surface area contributed by atoms with Gasteiger partial charge in [-0.1, -0.05) is 42.1 Å². The Labute approximate surface area is 163 Å². The minimum Gasteiger partial charge on any atom is -0.244 e. The van der Waals surface area contributed by atoms with Crippen LogP contribution >= 0.6 is 23.1 Å². The maximum absolute atomic E-state index is 4.55. The molecular weight excluding hydrogens is 376 g/mol. The molecule has 4 heterocycles. The second kappa shape index (κ2) is 6.03. The Bertz CT molecular complexity index is 1280. The minimum absolute atomic E-state index is 0.740. The highest BCUT2D eigenvalue weighted by molar-refractivity contribution is 7.98. The molecular formula is C19H16N6S2. The molecule has 134 valence electrons. The highest BCUT2D eigenvalue weighted by Crippen LogP contribution is 2.39. The van der Waals surface area contributed by atoms with E-state index in [1.807, 2.05) is 21.9 Å². The van der Waals surface area contributed by atoms with Crippen molar-refractivity contribution in [3.05, 3.63) is 52.7 Å². The van der Waals surface area contributed by atoms with Gasteiger partial charge in [0.05, 0.1) is 5.39 Å². The van der Waals surface area contributed by atoms with Crippen LogP contribution < -0.4 is 0 Å². The van der Waals surface area contributed by atoms with Gasteiger partial charge in [0.25, 0.3) is 5.78 Å². The van der Waals surface area contributed by atoms with Gasteiger partial charge in [-0.2, -0.15) is 9.61 Å². The van der Waals surface area contributed by atoms with Crippen LogP contribution in [0.1, 0.15) is 28.8 Å². The van der Waals surface area contributed by atoms with Crippen molar-refractivity contribution in [3.8, 4) is 0 Å². The number of thioether (sulfide) groups is 1. The Balaban J connectivity index is 1.59. The van der Waals surface area contributed by atoms with Crippen molar-refractivity contribution >= 4 is 44.7 Å². The fraction of sp³-hybridized carbons (Fsp3) is 0.263. The molecule has 0 fully saturated rings. The first-order chi connectivity index (χ1) is 13.4. The molecule has 8 heteroatoms. The van der Waals surface area contributed by atoms with E-state index in [-0.39, 0.29) is 0 Å². The average molecular weight is 393 g/mol. The molecule has 27 heavy (non-hydrogen) atoms. The monoisotopic (exact) mass is 392 g/mol. The number of fused-ring (bicyclic) bond motifs is 8. The fourth-order valence-corrected chi connectivity index (χ4v) is 6.22. The summed E-state index contributed by atoms with van der Waals surface area (Å²) in [5.41, 5.74) is 3.64. The first-order valence-electron chi connectivity index (χ1n) is 9.08. The quantitative estimate of drug-likeness (QED) is 0.432. The van der Waals surface area contributed by atoms with E-state index in [1.165, 1.54) is 39.1 Å². The molecule has 1 aromatic carbocycles. The number of hydrogen-bond acceptors (Lipinski definition) is 6. The summed E-state index contributed by atoms with van der Waals surface area (Å²) in [5, 5.41) is 15.5. The van der Waals surface area contributed by atoms with E-state index < -0.39 is 0 Å². The summed E-state index contributed by atoms with van der Waals surface area (Å²) in [4.78, 5) is 7.24. The van der Waals surface area contributed by atoms with Gasteiger partial charge in [-0.05, 0) is 36.8 Å². The van der Waals surface area contributed by atoms with Gasteiger partial charge in [0, 0.05) is 10.6 Å². The van der Waals surface area contributed by atoms with Crippen LogP contribution in [-0.2, 0) is 18.6 Å². The van der Waals surface area contributed by atoms with Crippen LogP contribution in [0.3, 0.4) is 0 Å². The Kier molecular flexibility index (Phi) is 3.48. The first kappa shape index (κ1) is 15.6. The van der Waals surface area contributed by atoms with Crippen molar-refractivity contribution in [3.63, 3.8) is 0 Å². The van der Waals surface area contributed by atoms with Crippen LogP contribution in [0.5, 0.6) is 0 Å². The molecule has 0 unspecified atom stereocenters. The van der Waals surface area contributed by atoms with Crippen molar-refractivity contribution in [2.75, 3.05) is 0 Å². The average Bonchev–Trinajstić information content (AvgIpc) is 3.42. The van der Waals surface area contributed by atoms with Crippen LogP contribution in [0.2, 0.25) is 0 Å². The van der Waals surface area contributed by atoms with Crippen LogP contribution in [-0.4, -0.2) is 29.2 Å². The van der Waals surface area contributed by atoms with E-state index in [9.17, 15) is 0 Å². The number of aromatic nitrogens is 6. The van der Waals surface area contributed by atoms with E-state index in [4.69, 9.17) is 0 Å². The van der Waals surface area contributed by atoms with E-state index in [1.54, 1.807) is 18.1 Å². The minimum atomic E-state index is 0.740. The normalized spacial score (nSPS) is 14.4. The summed E-state index contributed by atoms with van der Waals surface area (Å²) >= 11 is 3.59. The SMILES string of the molecule is c1ccc(CSc2nnc3n4ncnc4c4c5c(sc4n23)CCCC5)cc1. The summed E-state index contributed by atoms with van der Waals surface area (Å²) in [6.07, 6.45) is 6.41. The molecule has 0 bridgehead atoms. The van der Waals surface area contributed by atoms with E-state index in [0.717, 1.165) is 35.2 Å². The molecule has 0 N–H and O–H groups in total. The highest BCUT2D eigenvalue weighted by Gasteiger charge is 2.24. The topological polar surface area (TPSA) is 60.4 Å². The maximum Gasteiger partial charge on any atom is 0.260 e. The maximum atomic E-state index is 4.55. The van der Waals surface area contributed by atoms with Crippen LogP contribution in [0.4, 0.5) is 0 Å². The zero-order valence-corrected chi connectivity index (χ0v) is 16.1. The molecule has 0 amide bonds. The van der Waals surface area contributed by atoms with Gasteiger partial charge in [-0.25, -0.2) is 9.38 Å². The molecule has 1 aliphatic carbocycles. The second-order valence-corrected chi connectivity index (χ2v) is 8.80. The number of rotatable bonds is 3. The van der Waals surface area contributed by atoms with E-state index >= 15 is 0 Å². The molecule has 0 atom stereocenters. The molecule has 6 rings (SSSR count). The summed E-state index contributed by atoms with van der Waals surface area (Å²) in [5.74, 6) is 1.60. The highest BCUT2D eigenvalue weighted by atomic mass is 32.2. The number of benzene rings is 1. The molecule has 0 aliphatic heterocycles. The van der Waals surface area contributed by atoms with Crippen molar-refractivity contribution in [2.45, 2.75) is 36.6 Å². The summed E-state index contributed by atoms with van der Waals surface area (Å²) < 4.78 is 4.01. The molecule has 4 aromatic heterocycles. The lowest BCUT2D eigenvalue weighted by molar-refractivity contribution is 0.700. The van der Waals surface area contributed by atoms with Gasteiger partial charge in [0.2, 0.25) is 0 Å². The van der Waals surface area contributed by atoms with E-state index in [2.05, 4.69) is 48.9 Å². The summed E-state index contributed by atoms with van der Waals surface area (Å²) in [7, 11) is 0. The molecule has 6 nitrogen and oxygen atoms in total. The Morgan fingerprint density at radius 2 is 1.96 bits per heavy atom. The van der Waals surface area contributed by atoms with Gasteiger partial charge in [0.15, 0.2) is 10.8 Å². The molecule has 0 spiro atoms. The molecule has 5 aromatic rings. The van der Waals surface area contributed by atoms with Crippen LogP contribution in [0.25, 0.3) is 21.6 Å². The van der Waals surface area contributed by atoms with Crippen LogP contribution in [0, 0.1) is 0 Å². The van der Waals surface area contributed by atoms with Gasteiger partial charge in [-0.3, -0.25) is 0 Å². The number of hydrogen-bond donors (Lipinski definition) is 0. The summed E-state index contributed by atoms with van der Waals surface area (Å²) in [6, 6.07) is 10.5. The van der Waals surface area contributed by atoms with Gasteiger partial charge in [-0.15, -0.1) is 21.5 Å². The lowest BCUT2D eigenvalue weighted by Crippen LogP contribution is -2.01. The predicted molar refractivity (Wildman–Crippen MR) is 108 cm³/mol. The Morgan fingerprint density at radius 1 is 1.07 bits per heavy atom. The zero-order valence-electron chi connectivity index (χ0n) is 14.5. The summed E-state index contributed by atoms with van der Waals surface area (Å²) in [6.45, 7) is 0. The first-order valence-corrected chi connectivity index (χ1v) is 10.9. The zero-order chi connectivity index (χ0) is 17.8. The van der Waals surface area contributed by atoms with Gasteiger partial charge >= 0.3 is 0 Å². The van der Waals surface area contributed by atoms with Crippen LogP contribution in [0.15, 0.2) is 41.8 Å². The van der Waals surface area contributed by atoms with Crippen molar-refractivity contribution in [1.29, 1.82) is 0 Å². The van der Waals surface area contributed by atoms with E-state index in [0.29, 0.717) is 0 Å². The van der Waals surface area contributed by atoms with Gasteiger partial charge in [0.1, 0.15) is 11.2 Å². The number of aryl methyl sites for hydroxylation is 2. The second-order valence-electron chi connectivity index (χ2n) is 6.78. The third-order valence-electron chi connectivity index (χ3n) is 5.14. The van der Waals surface area contributed by atoms with Crippen molar-refractivity contribution in [1.82, 2.24) is 29.2 Å². The smallest absolute Gasteiger partial charge is 0.244 e. The Morgan fingerprint density at radius 3 is 2.89 bits per heavy atom. The predicted octanol–water partition coefficient (Wildman–Crippen LogP) is 4.16. The standard InChI is InChI=1S/C19H16N6S2/c1-2-6-12(7-3-1)10-26-19-23-22-18-24(19)17-15(16-20-11-21-25(16)18)13-8-4-5-9-14(13)27-17/h1-3,6-7,11H,4-5,8-10H2. The third-order valence-corrected chi connectivity index (χ3v) is 7.42. The lowest BCUT2D eigenvalue weighted by Gasteiger charge is -2.10. The Hall–Kier alpha value is -2.45. The lowest BCUT2D eigenvalue weighted by atomic mass is 9.97. The van der Waals surface area contributed by atoms with Crippen molar-refractivity contribution in [2.24, 2.45) is 0 Å². The third kappa shape index (κ3) is 2.33. The molecule has 1 aliphatic rings. The number of nitrogens with zero attached hydrogens (tertiary/aromatic N) is 6. The molecule has 0 radical (unpaired) electrons. The fourth-order valence-electron chi connectivity index (χ4n) is 3.89. The molecule has 0 saturated heterocycles. The number of thiophene rings is 1. The largest absolute Gasteiger partial charge is 0.260 e. The van der Waals surface area contributed by atoms with Crippen molar-refractivity contribution < 1.29 is 0 Å².